The molecule has 0 amide bonds. The number of hydrogen-bond acceptors (Lipinski definition) is 2. The summed E-state index contributed by atoms with van der Waals surface area (Å²) < 4.78 is 13.0. The summed E-state index contributed by atoms with van der Waals surface area (Å²) >= 11 is 1.22. The van der Waals surface area contributed by atoms with Crippen molar-refractivity contribution in [1.29, 1.82) is 0 Å². The van der Waals surface area contributed by atoms with Gasteiger partial charge in [-0.1, -0.05) is 27.7 Å². The van der Waals surface area contributed by atoms with Crippen LogP contribution in [0.15, 0.2) is 6.08 Å². The fourth-order valence-corrected chi connectivity index (χ4v) is 1.97. The Morgan fingerprint density at radius 3 is 2.47 bits per heavy atom. The molecule has 1 aromatic rings. The first-order valence-electron chi connectivity index (χ1n) is 5.38. The summed E-state index contributed by atoms with van der Waals surface area (Å²) in [5, 5.41) is 0. The van der Waals surface area contributed by atoms with Crippen molar-refractivity contribution in [2.24, 2.45) is 0 Å². The fourth-order valence-electron chi connectivity index (χ4n) is 1.15. The highest BCUT2D eigenvalue weighted by Gasteiger charge is 2.15. The van der Waals surface area contributed by atoms with Gasteiger partial charge in [0.15, 0.2) is 7.85 Å². The van der Waals surface area contributed by atoms with Crippen LogP contribution in [0.25, 0.3) is 5.83 Å². The number of hydrogen-bond donors (Lipinski definition) is 0. The van der Waals surface area contributed by atoms with Crippen LogP contribution >= 0.6 is 11.3 Å². The van der Waals surface area contributed by atoms with Crippen molar-refractivity contribution in [2.45, 2.75) is 40.5 Å². The number of aromatic nitrogens is 1. The maximum Gasteiger partial charge on any atom is 0.157 e. The van der Waals surface area contributed by atoms with Gasteiger partial charge in [-0.3, -0.25) is 4.98 Å². The zero-order chi connectivity index (χ0) is 11.8. The van der Waals surface area contributed by atoms with Crippen LogP contribution in [-0.4, -0.2) is 12.8 Å². The van der Waals surface area contributed by atoms with E-state index in [2.05, 4.69) is 4.98 Å². The Morgan fingerprint density at radius 2 is 1.93 bits per heavy atom. The SMILES string of the molecule is CC.CC.[B]c1nc2c(s1)C(F)=CCC2. The van der Waals surface area contributed by atoms with E-state index in [9.17, 15) is 4.39 Å². The molecule has 4 heteroatoms. The summed E-state index contributed by atoms with van der Waals surface area (Å²) in [7, 11) is 5.43. The van der Waals surface area contributed by atoms with Crippen LogP contribution < -0.4 is 4.91 Å². The average Bonchev–Trinajstić information content (AvgIpc) is 2.66. The zero-order valence-corrected chi connectivity index (χ0v) is 10.6. The fraction of sp³-hybridized carbons (Fsp3) is 0.545. The monoisotopic (exact) mass is 225 g/mol. The number of aryl methyl sites for hydroxylation is 1. The van der Waals surface area contributed by atoms with Crippen LogP contribution in [0.5, 0.6) is 0 Å². The van der Waals surface area contributed by atoms with Gasteiger partial charge in [-0.2, -0.15) is 0 Å². The number of fused-ring (bicyclic) bond motifs is 1. The molecule has 0 aliphatic heterocycles. The second kappa shape index (κ2) is 7.63. The van der Waals surface area contributed by atoms with Gasteiger partial charge in [0.25, 0.3) is 0 Å². The zero-order valence-electron chi connectivity index (χ0n) is 9.80. The lowest BCUT2D eigenvalue weighted by Crippen LogP contribution is -2.00. The third kappa shape index (κ3) is 3.78. The summed E-state index contributed by atoms with van der Waals surface area (Å²) in [4.78, 5) is 5.10. The minimum atomic E-state index is -0.166. The molecule has 0 aromatic carbocycles. The Hall–Kier alpha value is -0.635. The van der Waals surface area contributed by atoms with Crippen LogP contribution in [0, 0.1) is 0 Å². The van der Waals surface area contributed by atoms with E-state index in [4.69, 9.17) is 7.85 Å². The van der Waals surface area contributed by atoms with E-state index in [-0.39, 0.29) is 5.83 Å². The lowest BCUT2D eigenvalue weighted by atomic mass is 10.1. The van der Waals surface area contributed by atoms with Gasteiger partial charge in [0.1, 0.15) is 5.83 Å². The molecular weight excluding hydrogens is 208 g/mol. The molecule has 0 unspecified atom stereocenters. The molecule has 0 atom stereocenters. The molecular formula is C11H17BFNS. The summed E-state index contributed by atoms with van der Waals surface area (Å²) in [6.07, 6.45) is 3.14. The predicted molar refractivity (Wildman–Crippen MR) is 67.6 cm³/mol. The van der Waals surface area contributed by atoms with Crippen LogP contribution in [0.1, 0.15) is 44.7 Å². The number of rotatable bonds is 0. The molecule has 0 spiro atoms. The first-order valence-corrected chi connectivity index (χ1v) is 6.20. The Balaban J connectivity index is 0.000000442. The van der Waals surface area contributed by atoms with Gasteiger partial charge in [0.05, 0.1) is 10.6 Å². The third-order valence-electron chi connectivity index (χ3n) is 1.64. The molecule has 0 saturated heterocycles. The first kappa shape index (κ1) is 14.4. The van der Waals surface area contributed by atoms with Gasteiger partial charge in [-0.25, -0.2) is 4.39 Å². The maximum absolute atomic E-state index is 13.0. The van der Waals surface area contributed by atoms with Crippen LogP contribution in [0.4, 0.5) is 4.39 Å². The molecule has 0 fully saturated rings. The van der Waals surface area contributed by atoms with Crippen molar-refractivity contribution < 1.29 is 4.39 Å². The van der Waals surface area contributed by atoms with Gasteiger partial charge >= 0.3 is 0 Å². The van der Waals surface area contributed by atoms with Crippen molar-refractivity contribution in [3.8, 4) is 0 Å². The third-order valence-corrected chi connectivity index (χ3v) is 2.57. The summed E-state index contributed by atoms with van der Waals surface area (Å²) in [6.45, 7) is 8.00. The number of nitrogens with zero attached hydrogens (tertiary/aromatic N) is 1. The highest BCUT2D eigenvalue weighted by atomic mass is 32.1. The molecule has 2 radical (unpaired) electrons. The van der Waals surface area contributed by atoms with Crippen LogP contribution in [-0.2, 0) is 6.42 Å². The lowest BCUT2D eigenvalue weighted by molar-refractivity contribution is 0.740. The lowest BCUT2D eigenvalue weighted by Gasteiger charge is -2.03. The van der Waals surface area contributed by atoms with Gasteiger partial charge in [0, 0.05) is 4.91 Å². The summed E-state index contributed by atoms with van der Waals surface area (Å²) in [5.41, 5.74) is 0.813. The molecule has 1 aromatic heterocycles. The number of halogens is 1. The Kier molecular flexibility index (Phi) is 7.31. The smallest absolute Gasteiger partial charge is 0.157 e. The molecule has 1 aliphatic carbocycles. The average molecular weight is 225 g/mol. The van der Waals surface area contributed by atoms with E-state index < -0.39 is 0 Å². The number of allylic oxidation sites excluding steroid dienone is 1. The molecule has 0 saturated carbocycles. The van der Waals surface area contributed by atoms with Gasteiger partial charge in [-0.15, -0.1) is 11.3 Å². The van der Waals surface area contributed by atoms with Crippen molar-refractivity contribution in [3.05, 3.63) is 16.6 Å². The normalized spacial score (nSPS) is 12.5. The molecule has 0 N–H and O–H groups in total. The molecule has 1 nitrogen and oxygen atoms in total. The van der Waals surface area contributed by atoms with E-state index in [1.807, 2.05) is 27.7 Å². The summed E-state index contributed by atoms with van der Waals surface area (Å²) in [5.74, 6) is -0.166. The molecule has 1 heterocycles. The predicted octanol–water partition coefficient (Wildman–Crippen LogP) is 3.25. The van der Waals surface area contributed by atoms with E-state index in [1.54, 1.807) is 6.08 Å². The van der Waals surface area contributed by atoms with Crippen LogP contribution in [0.2, 0.25) is 0 Å². The quantitative estimate of drug-likeness (QED) is 0.617. The van der Waals surface area contributed by atoms with Crippen LogP contribution in [0.3, 0.4) is 0 Å². The van der Waals surface area contributed by atoms with Crippen molar-refractivity contribution in [3.63, 3.8) is 0 Å². The first-order chi connectivity index (χ1) is 7.27. The van der Waals surface area contributed by atoms with Crippen molar-refractivity contribution >= 4 is 29.9 Å². The van der Waals surface area contributed by atoms with Crippen molar-refractivity contribution in [2.75, 3.05) is 0 Å². The molecule has 82 valence electrons. The summed E-state index contributed by atoms with van der Waals surface area (Å²) in [6, 6.07) is 0. The minimum Gasteiger partial charge on any atom is -0.258 e. The Labute approximate surface area is 96.8 Å². The molecule has 15 heavy (non-hydrogen) atoms. The largest absolute Gasteiger partial charge is 0.258 e. The standard InChI is InChI=1S/C7H5BFNS.2C2H6/c8-7-10-5-3-1-2-4(9)6(5)11-7;2*1-2/h2H,1,3H2;2*1-2H3. The number of thiazole rings is 1. The Bertz CT molecular complexity index is 320. The van der Waals surface area contributed by atoms with Gasteiger partial charge in [-0.05, 0) is 18.9 Å². The van der Waals surface area contributed by atoms with E-state index in [0.29, 0.717) is 9.78 Å². The maximum atomic E-state index is 13.0. The minimum absolute atomic E-state index is 0.166. The highest BCUT2D eigenvalue weighted by molar-refractivity contribution is 7.20. The Morgan fingerprint density at radius 1 is 1.33 bits per heavy atom. The molecule has 2 rings (SSSR count). The molecule has 0 bridgehead atoms. The van der Waals surface area contributed by atoms with Gasteiger partial charge < -0.3 is 0 Å². The van der Waals surface area contributed by atoms with Gasteiger partial charge in [0.2, 0.25) is 0 Å². The second-order valence-electron chi connectivity index (χ2n) is 2.42. The van der Waals surface area contributed by atoms with E-state index in [0.717, 1.165) is 18.5 Å². The molecule has 1 aliphatic rings. The van der Waals surface area contributed by atoms with E-state index >= 15 is 0 Å². The highest BCUT2D eigenvalue weighted by Crippen LogP contribution is 2.28. The topological polar surface area (TPSA) is 12.9 Å². The van der Waals surface area contributed by atoms with E-state index in [1.165, 1.54) is 11.3 Å². The second-order valence-corrected chi connectivity index (χ2v) is 3.45. The van der Waals surface area contributed by atoms with Crippen molar-refractivity contribution in [1.82, 2.24) is 4.98 Å².